The molecule has 0 saturated heterocycles. The van der Waals surface area contributed by atoms with Crippen molar-refractivity contribution in [1.29, 1.82) is 5.26 Å². The van der Waals surface area contributed by atoms with Crippen molar-refractivity contribution in [2.75, 3.05) is 39.9 Å². The molecule has 1 aromatic heterocycles. The second kappa shape index (κ2) is 28.5. The number of nitriles is 1. The van der Waals surface area contributed by atoms with E-state index in [1.54, 1.807) is 62.2 Å². The van der Waals surface area contributed by atoms with Gasteiger partial charge in [0, 0.05) is 95.3 Å². The van der Waals surface area contributed by atoms with Crippen LogP contribution >= 0.6 is 31.9 Å². The van der Waals surface area contributed by atoms with Gasteiger partial charge in [0.25, 0.3) is 0 Å². The third kappa shape index (κ3) is 14.6. The molecule has 2 heterocycles. The second-order valence-electron chi connectivity index (χ2n) is 25.1. The van der Waals surface area contributed by atoms with Crippen LogP contribution in [0.1, 0.15) is 161 Å². The topological polar surface area (TPSA) is 264 Å². The van der Waals surface area contributed by atoms with Gasteiger partial charge < -0.3 is 36.9 Å². The molecule has 0 radical (unpaired) electrons. The summed E-state index contributed by atoms with van der Waals surface area (Å²) in [5, 5.41) is 12.1. The summed E-state index contributed by atoms with van der Waals surface area (Å²) >= 11 is 6.90. The van der Waals surface area contributed by atoms with Crippen LogP contribution in [-0.4, -0.2) is 95.8 Å². The number of nitrogens with one attached hydrogen (secondary N) is 1. The number of aromatic nitrogens is 2. The molecular formula is C72H80Br2N8O8. The first-order valence-corrected chi connectivity index (χ1v) is 33.1. The summed E-state index contributed by atoms with van der Waals surface area (Å²) in [5.41, 5.74) is 31.4. The van der Waals surface area contributed by atoms with E-state index >= 15 is 0 Å². The second-order valence-corrected chi connectivity index (χ2v) is 27.0. The summed E-state index contributed by atoms with van der Waals surface area (Å²) in [6.07, 6.45) is 11.5. The lowest BCUT2D eigenvalue weighted by atomic mass is 9.88. The van der Waals surface area contributed by atoms with E-state index in [4.69, 9.17) is 36.6 Å². The molecule has 2 spiro atoms. The first-order valence-electron chi connectivity index (χ1n) is 31.5. The van der Waals surface area contributed by atoms with Gasteiger partial charge in [0.15, 0.2) is 29.0 Å². The average Bonchev–Trinajstić information content (AvgIpc) is 1.58. The van der Waals surface area contributed by atoms with Crippen molar-refractivity contribution in [1.82, 2.24) is 20.2 Å². The number of nitrogens with two attached hydrogens (primary N) is 3. The smallest absolute Gasteiger partial charge is 0.226 e. The van der Waals surface area contributed by atoms with E-state index in [-0.39, 0.29) is 88.7 Å². The minimum absolute atomic E-state index is 0.0287. The summed E-state index contributed by atoms with van der Waals surface area (Å²) in [6, 6.07) is 29.4. The fourth-order valence-electron chi connectivity index (χ4n) is 13.7. The molecule has 5 aromatic carbocycles. The van der Waals surface area contributed by atoms with Gasteiger partial charge in [-0.25, -0.2) is 9.97 Å². The number of ether oxygens (including phenoxy) is 2. The van der Waals surface area contributed by atoms with Gasteiger partial charge in [-0.3, -0.25) is 28.8 Å². The van der Waals surface area contributed by atoms with E-state index in [1.807, 2.05) is 30.3 Å². The molecule has 470 valence electrons. The fourth-order valence-corrected chi connectivity index (χ4v) is 14.6. The van der Waals surface area contributed by atoms with Crippen molar-refractivity contribution in [2.45, 2.75) is 146 Å². The van der Waals surface area contributed by atoms with Crippen molar-refractivity contribution in [3.05, 3.63) is 161 Å². The number of carbonyl (C=O) groups is 6. The molecule has 6 aromatic rings. The lowest BCUT2D eigenvalue weighted by Gasteiger charge is -2.32. The average molecular weight is 1350 g/mol. The van der Waals surface area contributed by atoms with Gasteiger partial charge in [-0.15, -0.1) is 0 Å². The number of benzene rings is 5. The normalized spacial score (nSPS) is 18.9. The van der Waals surface area contributed by atoms with Gasteiger partial charge >= 0.3 is 0 Å². The molecule has 2 saturated carbocycles. The SMILES string of the molecule is Brc1ccc2c(c1)CCC21CC1.Cc1nc(-c2ccc3c(c2)CCC32CC2)nc(C)c1C(=O)C[C@@H](CCN)C(=O)N(C)[C@@H]1C(=O)C[C@@H](C)C(=O)N[C@H](C(=O)CCC#N)Cc2ccc(OCCN)c(c2)-c2cc1ccc2OCCN.O=C1CCc2cc(Br)ccc21. The number of hydrogen-bond donors (Lipinski definition) is 4. The molecule has 4 bridgehead atoms. The Labute approximate surface area is 544 Å². The van der Waals surface area contributed by atoms with Gasteiger partial charge in [0.2, 0.25) is 11.8 Å². The van der Waals surface area contributed by atoms with Crippen LogP contribution in [0, 0.1) is 37.0 Å². The number of rotatable bonds is 17. The Morgan fingerprint density at radius 1 is 0.711 bits per heavy atom. The Morgan fingerprint density at radius 3 is 1.93 bits per heavy atom. The number of hydrogen-bond acceptors (Lipinski definition) is 14. The number of aryl methyl sites for hydroxylation is 5. The summed E-state index contributed by atoms with van der Waals surface area (Å²) in [4.78, 5) is 93.4. The summed E-state index contributed by atoms with van der Waals surface area (Å²) in [5.74, 6) is -2.27. The maximum atomic E-state index is 14.9. The zero-order valence-electron chi connectivity index (χ0n) is 51.9. The number of Topliss-reactive ketones (excluding diaryl/α,β-unsaturated/α-hetero) is 4. The van der Waals surface area contributed by atoms with E-state index in [1.165, 1.54) is 78.1 Å². The number of carbonyl (C=O) groups excluding carboxylic acids is 6. The molecule has 18 heteroatoms. The molecule has 2 fully saturated rings. The minimum Gasteiger partial charge on any atom is -0.492 e. The molecule has 7 N–H and O–H groups in total. The van der Waals surface area contributed by atoms with Crippen LogP contribution in [0.25, 0.3) is 22.5 Å². The third-order valence-electron chi connectivity index (χ3n) is 18.9. The first kappa shape index (κ1) is 65.7. The van der Waals surface area contributed by atoms with Crippen LogP contribution in [0.5, 0.6) is 11.5 Å². The number of halogens is 2. The molecule has 0 unspecified atom stereocenters. The zero-order valence-corrected chi connectivity index (χ0v) is 55.0. The van der Waals surface area contributed by atoms with Crippen molar-refractivity contribution in [3.63, 3.8) is 0 Å². The van der Waals surface area contributed by atoms with Crippen LogP contribution in [0.3, 0.4) is 0 Å². The largest absolute Gasteiger partial charge is 0.492 e. The van der Waals surface area contributed by atoms with E-state index in [2.05, 4.69) is 73.6 Å². The molecule has 90 heavy (non-hydrogen) atoms. The molecule has 16 nitrogen and oxygen atoms in total. The van der Waals surface area contributed by atoms with Crippen LogP contribution in [-0.2, 0) is 55.7 Å². The summed E-state index contributed by atoms with van der Waals surface area (Å²) in [6.45, 7) is 6.02. The molecule has 1 aliphatic heterocycles. The van der Waals surface area contributed by atoms with Crippen molar-refractivity contribution in [3.8, 4) is 40.1 Å². The van der Waals surface area contributed by atoms with Crippen molar-refractivity contribution in [2.24, 2.45) is 29.0 Å². The van der Waals surface area contributed by atoms with E-state index in [0.717, 1.165) is 28.4 Å². The zero-order chi connectivity index (χ0) is 64.0. The third-order valence-corrected chi connectivity index (χ3v) is 19.9. The summed E-state index contributed by atoms with van der Waals surface area (Å²) < 4.78 is 14.6. The van der Waals surface area contributed by atoms with Gasteiger partial charge in [0.1, 0.15) is 30.8 Å². The van der Waals surface area contributed by atoms with E-state index in [0.29, 0.717) is 73.8 Å². The standard InChI is InChI=1S/C52H62N8O7.C11H11Br.C9H7BrO/c1-30-24-44(63)48(35-9-12-46(67-23-21-56)39(28-35)38-25-33(7-11-45(38)66-22-20-55)26-41(59-50(30)64)42(61)6-5-18-53)60(4)51(65)37(14-19-54)29-43(62)47-31(2)57-49(58-32(47)3)36-8-10-40-34(27-36)13-15-52(40)16-17-52;12-9-1-2-10-8(7-9)3-4-11(10)5-6-11;10-7-2-3-8-6(5-7)1-4-9(8)11/h7-12,25,27-28,30,37,41,48H,5-6,13-17,19-24,26,29,54-56H2,1-4H3,(H,59,64);1-2,7H,3-6H2;2-3,5H,1,4H2/t30-,37-,41+,48+;;/m1../s1. The van der Waals surface area contributed by atoms with Crippen molar-refractivity contribution < 1.29 is 38.2 Å². The Hall–Kier alpha value is -7.27. The van der Waals surface area contributed by atoms with Crippen LogP contribution in [0.4, 0.5) is 0 Å². The van der Waals surface area contributed by atoms with Gasteiger partial charge in [0.05, 0.1) is 29.1 Å². The Bertz CT molecular complexity index is 3790. The predicted octanol–water partition coefficient (Wildman–Crippen LogP) is 11.3. The van der Waals surface area contributed by atoms with E-state index < -0.39 is 41.5 Å². The monoisotopic (exact) mass is 1340 g/mol. The lowest BCUT2D eigenvalue weighted by Crippen LogP contribution is -2.46. The van der Waals surface area contributed by atoms with Gasteiger partial charge in [-0.05, 0) is 195 Å². The highest BCUT2D eigenvalue weighted by Gasteiger charge is 2.49. The highest BCUT2D eigenvalue weighted by Crippen LogP contribution is 2.58. The molecule has 6 aliphatic rings. The van der Waals surface area contributed by atoms with E-state index in [9.17, 15) is 34.0 Å². The summed E-state index contributed by atoms with van der Waals surface area (Å²) in [7, 11) is 1.52. The number of nitrogens with zero attached hydrogens (tertiary/aromatic N) is 4. The van der Waals surface area contributed by atoms with Crippen LogP contribution < -0.4 is 32.0 Å². The number of amides is 2. The Balaban J connectivity index is 0.000000315. The molecular weight excluding hydrogens is 1260 g/mol. The number of fused-ring (bicyclic) bond motifs is 10. The van der Waals surface area contributed by atoms with Crippen molar-refractivity contribution >= 4 is 66.8 Å². The first-order chi connectivity index (χ1) is 43.3. The molecule has 12 rings (SSSR count). The maximum absolute atomic E-state index is 14.9. The number of likely N-dealkylation sites (N-methyl/N-ethyl adjacent to an activating group) is 1. The fraction of sp³-hybridized carbons (Fsp3) is 0.431. The highest BCUT2D eigenvalue weighted by atomic mass is 79.9. The number of ketones is 4. The Kier molecular flexibility index (Phi) is 20.8. The molecule has 5 aliphatic carbocycles. The lowest BCUT2D eigenvalue weighted by molar-refractivity contribution is -0.142. The van der Waals surface area contributed by atoms with Crippen LogP contribution in [0.2, 0.25) is 0 Å². The predicted molar refractivity (Wildman–Crippen MR) is 353 cm³/mol. The maximum Gasteiger partial charge on any atom is 0.226 e. The van der Waals surface area contributed by atoms with Gasteiger partial charge in [-0.1, -0.05) is 75.2 Å². The molecule has 2 amide bonds. The van der Waals surface area contributed by atoms with Gasteiger partial charge in [-0.2, -0.15) is 5.26 Å². The molecule has 4 atom stereocenters. The quantitative estimate of drug-likeness (QED) is 0.0619. The van der Waals surface area contributed by atoms with Crippen LogP contribution in [0.15, 0.2) is 99.9 Å². The Morgan fingerprint density at radius 2 is 1.31 bits per heavy atom. The highest BCUT2D eigenvalue weighted by molar-refractivity contribution is 9.10. The minimum atomic E-state index is -1.23.